The van der Waals surface area contributed by atoms with Crippen LogP contribution in [0.3, 0.4) is 0 Å². The minimum Gasteiger partial charge on any atom is -0.454 e. The van der Waals surface area contributed by atoms with Crippen LogP contribution in [0.25, 0.3) is 0 Å². The standard InChI is InChI=1S/C18H21NO4/c20-14-7-12-3-5-19-4-1-2-11-6-16-17(23-10-22-16)8-13(11)18(12,19)9-15(14)21/h6-8,14-15,20-21H,1-5,9-10H2. The van der Waals surface area contributed by atoms with Gasteiger partial charge in [0.15, 0.2) is 11.5 Å². The molecule has 5 rings (SSSR count). The third-order valence-corrected chi connectivity index (χ3v) is 5.91. The maximum Gasteiger partial charge on any atom is 0.231 e. The van der Waals surface area contributed by atoms with Crippen LogP contribution in [-0.4, -0.2) is 47.2 Å². The van der Waals surface area contributed by atoms with Gasteiger partial charge in [-0.25, -0.2) is 0 Å². The zero-order chi connectivity index (χ0) is 15.6. The van der Waals surface area contributed by atoms with Gasteiger partial charge in [-0.15, -0.1) is 0 Å². The first-order valence-electron chi connectivity index (χ1n) is 8.44. The molecule has 2 N–H and O–H groups in total. The van der Waals surface area contributed by atoms with Crippen LogP contribution in [0.4, 0.5) is 0 Å². The number of fused-ring (bicyclic) bond motifs is 2. The summed E-state index contributed by atoms with van der Waals surface area (Å²) in [7, 11) is 0. The number of ether oxygens (including phenoxy) is 2. The van der Waals surface area contributed by atoms with Crippen LogP contribution in [0.2, 0.25) is 0 Å². The maximum absolute atomic E-state index is 10.4. The van der Waals surface area contributed by atoms with Crippen LogP contribution >= 0.6 is 0 Å². The van der Waals surface area contributed by atoms with Crippen LogP contribution in [0.1, 0.15) is 30.4 Å². The van der Waals surface area contributed by atoms with Gasteiger partial charge in [-0.2, -0.15) is 0 Å². The Balaban J connectivity index is 1.75. The van der Waals surface area contributed by atoms with Gasteiger partial charge in [0.25, 0.3) is 0 Å². The number of benzene rings is 1. The van der Waals surface area contributed by atoms with Crippen LogP contribution < -0.4 is 9.47 Å². The number of rotatable bonds is 0. The Bertz CT molecular complexity index is 701. The summed E-state index contributed by atoms with van der Waals surface area (Å²) in [5.41, 5.74) is 3.48. The van der Waals surface area contributed by atoms with Crippen molar-refractivity contribution in [2.45, 2.75) is 43.4 Å². The van der Waals surface area contributed by atoms with Crippen molar-refractivity contribution in [2.24, 2.45) is 0 Å². The van der Waals surface area contributed by atoms with Crippen LogP contribution in [0, 0.1) is 0 Å². The molecule has 4 aliphatic rings. The second-order valence-corrected chi connectivity index (χ2v) is 7.02. The fourth-order valence-electron chi connectivity index (χ4n) is 4.87. The van der Waals surface area contributed by atoms with Gasteiger partial charge >= 0.3 is 0 Å². The van der Waals surface area contributed by atoms with Crippen molar-refractivity contribution in [3.05, 3.63) is 34.9 Å². The monoisotopic (exact) mass is 315 g/mol. The highest BCUT2D eigenvalue weighted by Crippen LogP contribution is 2.53. The molecule has 1 spiro atoms. The summed E-state index contributed by atoms with van der Waals surface area (Å²) in [5.74, 6) is 1.63. The van der Waals surface area contributed by atoms with Gasteiger partial charge in [-0.1, -0.05) is 6.08 Å². The van der Waals surface area contributed by atoms with Crippen molar-refractivity contribution in [1.29, 1.82) is 0 Å². The van der Waals surface area contributed by atoms with Crippen molar-refractivity contribution in [3.63, 3.8) is 0 Å². The van der Waals surface area contributed by atoms with Gasteiger partial charge in [-0.05, 0) is 54.6 Å². The van der Waals surface area contributed by atoms with Crippen LogP contribution in [0.15, 0.2) is 23.8 Å². The molecule has 0 aromatic heterocycles. The third-order valence-electron chi connectivity index (χ3n) is 5.91. The largest absolute Gasteiger partial charge is 0.454 e. The van der Waals surface area contributed by atoms with E-state index in [0.29, 0.717) is 6.42 Å². The fraction of sp³-hybridized carbons (Fsp3) is 0.556. The summed E-state index contributed by atoms with van der Waals surface area (Å²) in [6, 6.07) is 4.23. The molecule has 1 aromatic carbocycles. The number of aliphatic hydroxyl groups excluding tert-OH is 2. The molecule has 5 heteroatoms. The van der Waals surface area contributed by atoms with E-state index in [1.54, 1.807) is 0 Å². The predicted molar refractivity (Wildman–Crippen MR) is 83.5 cm³/mol. The molecule has 3 aliphatic heterocycles. The van der Waals surface area contributed by atoms with E-state index in [-0.39, 0.29) is 12.3 Å². The zero-order valence-electron chi connectivity index (χ0n) is 13.0. The molecule has 1 aliphatic carbocycles. The molecule has 3 atom stereocenters. The Morgan fingerprint density at radius 1 is 1.09 bits per heavy atom. The Labute approximate surface area is 135 Å². The number of hydrogen-bond acceptors (Lipinski definition) is 5. The lowest BCUT2D eigenvalue weighted by molar-refractivity contribution is -0.00533. The Kier molecular flexibility index (Phi) is 2.84. The highest BCUT2D eigenvalue weighted by molar-refractivity contribution is 5.55. The molecule has 3 unspecified atom stereocenters. The molecule has 3 heterocycles. The van der Waals surface area contributed by atoms with E-state index < -0.39 is 12.2 Å². The van der Waals surface area contributed by atoms with E-state index in [9.17, 15) is 10.2 Å². The fourth-order valence-corrected chi connectivity index (χ4v) is 4.87. The van der Waals surface area contributed by atoms with Gasteiger partial charge in [0, 0.05) is 13.0 Å². The number of aryl methyl sites for hydroxylation is 1. The highest BCUT2D eigenvalue weighted by atomic mass is 16.7. The maximum atomic E-state index is 10.4. The van der Waals surface area contributed by atoms with Crippen molar-refractivity contribution in [3.8, 4) is 11.5 Å². The average molecular weight is 315 g/mol. The van der Waals surface area contributed by atoms with E-state index in [1.807, 2.05) is 6.08 Å². The van der Waals surface area contributed by atoms with Gasteiger partial charge < -0.3 is 19.7 Å². The second-order valence-electron chi connectivity index (χ2n) is 7.02. The molecular formula is C18H21NO4. The summed E-state index contributed by atoms with van der Waals surface area (Å²) in [6.45, 7) is 2.28. The first-order chi connectivity index (χ1) is 11.2. The van der Waals surface area contributed by atoms with Crippen molar-refractivity contribution in [2.75, 3.05) is 19.9 Å². The van der Waals surface area contributed by atoms with Gasteiger partial charge in [0.1, 0.15) is 0 Å². The normalized spacial score (nSPS) is 35.1. The summed E-state index contributed by atoms with van der Waals surface area (Å²) in [6.07, 6.45) is 4.02. The van der Waals surface area contributed by atoms with Crippen LogP contribution in [0.5, 0.6) is 11.5 Å². The molecule has 1 saturated heterocycles. The predicted octanol–water partition coefficient (Wildman–Crippen LogP) is 1.31. The summed E-state index contributed by atoms with van der Waals surface area (Å²) < 4.78 is 11.2. The van der Waals surface area contributed by atoms with E-state index in [2.05, 4.69) is 17.0 Å². The quantitative estimate of drug-likeness (QED) is 0.707. The SMILES string of the molecule is OC1C=C2CCN3CCCc4cc5c(cc4C23CC1O)OCO5. The lowest BCUT2D eigenvalue weighted by Gasteiger charge is -2.44. The number of nitrogens with zero attached hydrogens (tertiary/aromatic N) is 1. The third kappa shape index (κ3) is 1.78. The highest BCUT2D eigenvalue weighted by Gasteiger charge is 2.52. The smallest absolute Gasteiger partial charge is 0.231 e. The molecule has 122 valence electrons. The lowest BCUT2D eigenvalue weighted by Crippen LogP contribution is -2.49. The topological polar surface area (TPSA) is 62.2 Å². The van der Waals surface area contributed by atoms with Gasteiger partial charge in [0.05, 0.1) is 17.7 Å². The molecule has 5 nitrogen and oxygen atoms in total. The first-order valence-corrected chi connectivity index (χ1v) is 8.44. The molecule has 23 heavy (non-hydrogen) atoms. The number of aliphatic hydroxyl groups is 2. The van der Waals surface area contributed by atoms with Gasteiger partial charge in [0.2, 0.25) is 6.79 Å². The number of hydrogen-bond donors (Lipinski definition) is 2. The molecule has 0 bridgehead atoms. The zero-order valence-corrected chi connectivity index (χ0v) is 13.0. The van der Waals surface area contributed by atoms with Crippen molar-refractivity contribution in [1.82, 2.24) is 4.90 Å². The van der Waals surface area contributed by atoms with Crippen LogP contribution in [-0.2, 0) is 12.0 Å². The summed E-state index contributed by atoms with van der Waals surface area (Å²) >= 11 is 0. The molecule has 0 saturated carbocycles. The van der Waals surface area contributed by atoms with E-state index >= 15 is 0 Å². The molecule has 0 amide bonds. The lowest BCUT2D eigenvalue weighted by atomic mass is 9.72. The second kappa shape index (κ2) is 4.72. The summed E-state index contributed by atoms with van der Waals surface area (Å²) in [5, 5.41) is 20.5. The average Bonchev–Trinajstić information content (AvgIpc) is 3.09. The van der Waals surface area contributed by atoms with E-state index in [1.165, 1.54) is 16.7 Å². The van der Waals surface area contributed by atoms with Crippen molar-refractivity contribution < 1.29 is 19.7 Å². The molecule has 1 fully saturated rings. The molecule has 1 aromatic rings. The van der Waals surface area contributed by atoms with Crippen molar-refractivity contribution >= 4 is 0 Å². The van der Waals surface area contributed by atoms with Gasteiger partial charge in [-0.3, -0.25) is 4.90 Å². The minimum absolute atomic E-state index is 0.277. The summed E-state index contributed by atoms with van der Waals surface area (Å²) in [4.78, 5) is 2.49. The Morgan fingerprint density at radius 2 is 1.91 bits per heavy atom. The Hall–Kier alpha value is -1.56. The first kappa shape index (κ1) is 13.8. The minimum atomic E-state index is -0.753. The Morgan fingerprint density at radius 3 is 2.78 bits per heavy atom. The van der Waals surface area contributed by atoms with E-state index in [4.69, 9.17) is 9.47 Å². The van der Waals surface area contributed by atoms with E-state index in [0.717, 1.165) is 43.9 Å². The molecule has 0 radical (unpaired) electrons. The molecular weight excluding hydrogens is 294 g/mol.